The summed E-state index contributed by atoms with van der Waals surface area (Å²) in [5.41, 5.74) is 9.20. The number of benzene rings is 4. The van der Waals surface area contributed by atoms with Crippen LogP contribution in [-0.4, -0.2) is 11.9 Å². The Hall–Kier alpha value is -4.70. The Morgan fingerprint density at radius 2 is 1.18 bits per heavy atom. The van der Waals surface area contributed by atoms with Crippen LogP contribution in [0.2, 0.25) is 0 Å². The van der Waals surface area contributed by atoms with Crippen LogP contribution in [0.1, 0.15) is 50.1 Å². The molecule has 0 aliphatic carbocycles. The maximum atomic E-state index is 14.2. The summed E-state index contributed by atoms with van der Waals surface area (Å²) in [4.78, 5) is 28.0. The normalized spacial score (nSPS) is 14.3. The molecule has 1 heterocycles. The number of hydrogen-bond donors (Lipinski definition) is 0. The summed E-state index contributed by atoms with van der Waals surface area (Å²) in [5.74, 6) is -0.533. The second-order valence-electron chi connectivity index (χ2n) is 10.5. The lowest BCUT2D eigenvalue weighted by Gasteiger charge is -2.19. The fourth-order valence-electron chi connectivity index (χ4n) is 5.69. The molecule has 4 nitrogen and oxygen atoms in total. The van der Waals surface area contributed by atoms with Crippen LogP contribution in [0.5, 0.6) is 5.75 Å². The first kappa shape index (κ1) is 26.9. The average Bonchev–Trinajstić information content (AvgIpc) is 3.25. The third-order valence-electron chi connectivity index (χ3n) is 7.15. The summed E-state index contributed by atoms with van der Waals surface area (Å²) in [6.07, 6.45) is 0. The number of carbonyl (C=O) groups excluding carboxylic acids is 2. The molecule has 0 unspecified atom stereocenters. The first-order valence-corrected chi connectivity index (χ1v) is 13.4. The van der Waals surface area contributed by atoms with Gasteiger partial charge in [0, 0.05) is 11.1 Å². The Morgan fingerprint density at radius 1 is 0.675 bits per heavy atom. The first-order chi connectivity index (χ1) is 19.2. The highest BCUT2D eigenvalue weighted by atomic mass is 16.6. The smallest absolute Gasteiger partial charge is 0.348 e. The van der Waals surface area contributed by atoms with Crippen LogP contribution in [0.15, 0.2) is 96.1 Å². The Kier molecular flexibility index (Phi) is 7.27. The number of aryl methyl sites for hydroxylation is 6. The fraction of sp³-hybridized carbons (Fsp3) is 0.167. The second kappa shape index (κ2) is 10.8. The quantitative estimate of drug-likeness (QED) is 0.150. The van der Waals surface area contributed by atoms with Crippen LogP contribution in [-0.2, 0) is 14.3 Å². The standard InChI is InChI=1S/C36H32O4/c1-21-17-23(3)29(24(4)18-21)30(27-13-9-7-10-14-27)31-32(34(40-35(31)37)28-15-11-8-12-16-28)36(38)39-33-25(5)19-22(2)20-26(33)6/h7-20H,1-6H3/b31-30-. The largest absolute Gasteiger partial charge is 0.422 e. The molecule has 4 heteroatoms. The molecule has 40 heavy (non-hydrogen) atoms. The van der Waals surface area contributed by atoms with Gasteiger partial charge in [0.2, 0.25) is 0 Å². The zero-order valence-corrected chi connectivity index (χ0v) is 23.7. The van der Waals surface area contributed by atoms with Gasteiger partial charge in [0.15, 0.2) is 5.76 Å². The zero-order chi connectivity index (χ0) is 28.6. The topological polar surface area (TPSA) is 52.6 Å². The number of carbonyl (C=O) groups is 2. The van der Waals surface area contributed by atoms with Crippen LogP contribution in [0.25, 0.3) is 11.3 Å². The van der Waals surface area contributed by atoms with Crippen LogP contribution < -0.4 is 4.74 Å². The van der Waals surface area contributed by atoms with E-state index in [1.807, 2.05) is 114 Å². The van der Waals surface area contributed by atoms with Gasteiger partial charge >= 0.3 is 11.9 Å². The zero-order valence-electron chi connectivity index (χ0n) is 23.7. The van der Waals surface area contributed by atoms with Crippen LogP contribution in [0.3, 0.4) is 0 Å². The van der Waals surface area contributed by atoms with Crippen molar-refractivity contribution in [2.45, 2.75) is 41.5 Å². The minimum atomic E-state index is -0.634. The van der Waals surface area contributed by atoms with Gasteiger partial charge in [-0.2, -0.15) is 0 Å². The summed E-state index contributed by atoms with van der Waals surface area (Å²) in [7, 11) is 0. The maximum Gasteiger partial charge on any atom is 0.348 e. The van der Waals surface area contributed by atoms with E-state index in [0.717, 1.165) is 44.5 Å². The van der Waals surface area contributed by atoms with E-state index in [1.165, 1.54) is 0 Å². The van der Waals surface area contributed by atoms with Crippen molar-refractivity contribution in [1.82, 2.24) is 0 Å². The second-order valence-corrected chi connectivity index (χ2v) is 10.5. The van der Waals surface area contributed by atoms with Crippen molar-refractivity contribution in [2.75, 3.05) is 0 Å². The summed E-state index contributed by atoms with van der Waals surface area (Å²) in [6.45, 7) is 11.9. The summed E-state index contributed by atoms with van der Waals surface area (Å²) in [5, 5.41) is 0. The number of ether oxygens (including phenoxy) is 2. The van der Waals surface area contributed by atoms with Crippen molar-refractivity contribution in [3.8, 4) is 5.75 Å². The molecule has 0 saturated heterocycles. The van der Waals surface area contributed by atoms with Gasteiger partial charge in [-0.25, -0.2) is 9.59 Å². The molecule has 200 valence electrons. The summed E-state index contributed by atoms with van der Waals surface area (Å²) < 4.78 is 12.0. The monoisotopic (exact) mass is 528 g/mol. The van der Waals surface area contributed by atoms with E-state index in [4.69, 9.17) is 9.47 Å². The van der Waals surface area contributed by atoms with E-state index < -0.39 is 11.9 Å². The van der Waals surface area contributed by atoms with Crippen molar-refractivity contribution < 1.29 is 19.1 Å². The van der Waals surface area contributed by atoms with Crippen molar-refractivity contribution in [1.29, 1.82) is 0 Å². The minimum Gasteiger partial charge on any atom is -0.422 e. The molecule has 0 N–H and O–H groups in total. The Labute approximate surface area is 235 Å². The molecule has 0 amide bonds. The van der Waals surface area contributed by atoms with E-state index in [-0.39, 0.29) is 16.9 Å². The highest BCUT2D eigenvalue weighted by Gasteiger charge is 2.40. The number of esters is 2. The minimum absolute atomic E-state index is 0.119. The molecule has 0 fully saturated rings. The van der Waals surface area contributed by atoms with Gasteiger partial charge < -0.3 is 9.47 Å². The van der Waals surface area contributed by atoms with E-state index in [2.05, 4.69) is 12.1 Å². The molecule has 4 aromatic rings. The van der Waals surface area contributed by atoms with Crippen LogP contribution in [0, 0.1) is 41.5 Å². The average molecular weight is 529 g/mol. The molecule has 5 rings (SSSR count). The number of cyclic esters (lactones) is 1. The van der Waals surface area contributed by atoms with Crippen molar-refractivity contribution >= 4 is 23.3 Å². The lowest BCUT2D eigenvalue weighted by Crippen LogP contribution is -2.17. The van der Waals surface area contributed by atoms with Crippen molar-refractivity contribution in [2.24, 2.45) is 0 Å². The number of rotatable bonds is 5. The maximum absolute atomic E-state index is 14.2. The van der Waals surface area contributed by atoms with Gasteiger partial charge in [-0.1, -0.05) is 96.1 Å². The molecule has 0 spiro atoms. The molecule has 0 bridgehead atoms. The van der Waals surface area contributed by atoms with Crippen LogP contribution >= 0.6 is 0 Å². The van der Waals surface area contributed by atoms with E-state index in [0.29, 0.717) is 16.9 Å². The Bertz CT molecular complexity index is 1660. The van der Waals surface area contributed by atoms with Gasteiger partial charge in [0.1, 0.15) is 11.3 Å². The van der Waals surface area contributed by atoms with E-state index in [9.17, 15) is 9.59 Å². The predicted octanol–water partition coefficient (Wildman–Crippen LogP) is 7.91. The first-order valence-electron chi connectivity index (χ1n) is 13.4. The highest BCUT2D eigenvalue weighted by Crippen LogP contribution is 2.43. The third-order valence-corrected chi connectivity index (χ3v) is 7.15. The third kappa shape index (κ3) is 5.01. The number of hydrogen-bond acceptors (Lipinski definition) is 4. The molecule has 4 aromatic carbocycles. The molecule has 0 saturated carbocycles. The molecular weight excluding hydrogens is 496 g/mol. The van der Waals surface area contributed by atoms with Gasteiger partial charge in [0.05, 0.1) is 5.57 Å². The van der Waals surface area contributed by atoms with E-state index >= 15 is 0 Å². The molecular formula is C36H32O4. The lowest BCUT2D eigenvalue weighted by molar-refractivity contribution is -0.132. The SMILES string of the molecule is Cc1cc(C)c(OC(=O)C2=C(c3ccccc3)OC(=O)/C2=C(/c2ccccc2)c2c(C)cc(C)cc2C)c(C)c1. The summed E-state index contributed by atoms with van der Waals surface area (Å²) in [6, 6.07) is 27.0. The lowest BCUT2D eigenvalue weighted by atomic mass is 9.84. The summed E-state index contributed by atoms with van der Waals surface area (Å²) >= 11 is 0. The fourth-order valence-corrected chi connectivity index (χ4v) is 5.69. The van der Waals surface area contributed by atoms with Gasteiger partial charge in [-0.3, -0.25) is 0 Å². The van der Waals surface area contributed by atoms with Gasteiger partial charge in [0.25, 0.3) is 0 Å². The Morgan fingerprint density at radius 3 is 1.73 bits per heavy atom. The molecule has 1 aliphatic heterocycles. The van der Waals surface area contributed by atoms with E-state index in [1.54, 1.807) is 0 Å². The highest BCUT2D eigenvalue weighted by molar-refractivity contribution is 6.22. The predicted molar refractivity (Wildman–Crippen MR) is 159 cm³/mol. The van der Waals surface area contributed by atoms with Crippen molar-refractivity contribution in [3.63, 3.8) is 0 Å². The van der Waals surface area contributed by atoms with Gasteiger partial charge in [-0.15, -0.1) is 0 Å². The molecule has 0 aromatic heterocycles. The van der Waals surface area contributed by atoms with Gasteiger partial charge in [-0.05, 0) is 74.9 Å². The molecule has 1 aliphatic rings. The van der Waals surface area contributed by atoms with Crippen molar-refractivity contribution in [3.05, 3.63) is 146 Å². The molecule has 0 radical (unpaired) electrons. The van der Waals surface area contributed by atoms with Crippen LogP contribution in [0.4, 0.5) is 0 Å². The molecule has 0 atom stereocenters. The Balaban J connectivity index is 1.83.